The molecule has 0 aliphatic heterocycles. The van der Waals surface area contributed by atoms with Gasteiger partial charge in [-0.3, -0.25) is 0 Å². The Balaban J connectivity index is 0.00000120. The molecule has 0 aromatic heterocycles. The van der Waals surface area contributed by atoms with Crippen LogP contribution in [0.3, 0.4) is 0 Å². The van der Waals surface area contributed by atoms with Crippen LogP contribution < -0.4 is 24.8 Å². The van der Waals surface area contributed by atoms with Crippen molar-refractivity contribution in [2.75, 3.05) is 0 Å². The molecule has 0 unspecified atom stereocenters. The molecule has 0 bridgehead atoms. The molecule has 0 amide bonds. The van der Waals surface area contributed by atoms with Crippen molar-refractivity contribution in [2.45, 2.75) is 56.6 Å². The molecule has 3 aliphatic rings. The van der Waals surface area contributed by atoms with Gasteiger partial charge in [0.05, 0.1) is 0 Å². The first kappa shape index (κ1) is 22.8. The molecule has 3 aliphatic carbocycles. The van der Waals surface area contributed by atoms with E-state index in [9.17, 15) is 0 Å². The van der Waals surface area contributed by atoms with Crippen molar-refractivity contribution in [1.29, 1.82) is 0 Å². The quantitative estimate of drug-likeness (QED) is 0.588. The van der Waals surface area contributed by atoms with E-state index in [1.54, 1.807) is 15.0 Å². The van der Waals surface area contributed by atoms with Gasteiger partial charge >= 0.3 is 170 Å². The number of hydrogen-bond acceptors (Lipinski definition) is 0. The first-order valence-corrected chi connectivity index (χ1v) is 13.0. The van der Waals surface area contributed by atoms with Gasteiger partial charge in [0.1, 0.15) is 0 Å². The molecular weight excluding hydrogens is 431 g/mol. The number of hydrogen-bond donors (Lipinski definition) is 0. The summed E-state index contributed by atoms with van der Waals surface area (Å²) >= 11 is -1.57. The van der Waals surface area contributed by atoms with Gasteiger partial charge in [-0.15, -0.1) is 0 Å². The monoisotopic (exact) mass is 458 g/mol. The average Bonchev–Trinajstić information content (AvgIpc) is 3.31. The molecule has 29 heavy (non-hydrogen) atoms. The topological polar surface area (TPSA) is 0 Å². The molecule has 0 radical (unpaired) electrons. The number of aryl methyl sites for hydroxylation is 2. The zero-order chi connectivity index (χ0) is 18.4. The van der Waals surface area contributed by atoms with Gasteiger partial charge in [0.15, 0.2) is 0 Å². The minimum atomic E-state index is -1.57. The van der Waals surface area contributed by atoms with Crippen molar-refractivity contribution in [1.82, 2.24) is 0 Å². The second-order valence-electron chi connectivity index (χ2n) is 8.52. The van der Waals surface area contributed by atoms with Crippen LogP contribution in [0.4, 0.5) is 0 Å². The third kappa shape index (κ3) is 4.15. The van der Waals surface area contributed by atoms with E-state index in [4.69, 9.17) is 0 Å². The Labute approximate surface area is 193 Å². The van der Waals surface area contributed by atoms with Gasteiger partial charge in [-0.2, -0.15) is 0 Å². The van der Waals surface area contributed by atoms with E-state index in [1.165, 1.54) is 60.8 Å². The second kappa shape index (κ2) is 9.48. The van der Waals surface area contributed by atoms with Crippen LogP contribution in [-0.4, -0.2) is 3.81 Å². The minimum Gasteiger partial charge on any atom is -1.00 e. The second-order valence-corrected chi connectivity index (χ2v) is 12.8. The molecule has 2 aromatic rings. The summed E-state index contributed by atoms with van der Waals surface area (Å²) in [6, 6.07) is 14.5. The van der Waals surface area contributed by atoms with Crippen LogP contribution in [0.2, 0.25) is 0 Å². The van der Waals surface area contributed by atoms with E-state index in [0.29, 0.717) is 4.22 Å². The maximum Gasteiger partial charge on any atom is -1.00 e. The number of rotatable bonds is 2. The molecule has 1 fully saturated rings. The summed E-state index contributed by atoms with van der Waals surface area (Å²) in [5.74, 6) is 0. The van der Waals surface area contributed by atoms with Gasteiger partial charge in [0, 0.05) is 0 Å². The summed E-state index contributed by atoms with van der Waals surface area (Å²) in [6.45, 7) is 4.47. The largest absolute Gasteiger partial charge is 1.00 e. The molecule has 1 saturated carbocycles. The fraction of sp³-hybridized carbons (Fsp3) is 0.346. The Hall–Kier alpha value is -0.916. The van der Waals surface area contributed by atoms with Crippen LogP contribution >= 0.6 is 0 Å². The number of allylic oxidation sites excluding steroid dienone is 4. The molecule has 0 N–H and O–H groups in total. The van der Waals surface area contributed by atoms with Crippen molar-refractivity contribution >= 4 is 3.81 Å². The van der Waals surface area contributed by atoms with Gasteiger partial charge < -0.3 is 24.8 Å². The first-order valence-electron chi connectivity index (χ1n) is 10.5. The molecule has 2 aromatic carbocycles. The number of fused-ring (bicyclic) bond motifs is 3. The fourth-order valence-electron chi connectivity index (χ4n) is 5.30. The Kier molecular flexibility index (Phi) is 7.44. The molecule has 3 heteroatoms. The molecule has 0 spiro atoms. The van der Waals surface area contributed by atoms with E-state index >= 15 is 0 Å². The Bertz CT molecular complexity index is 954. The smallest absolute Gasteiger partial charge is 1.00 e. The third-order valence-electron chi connectivity index (χ3n) is 6.57. The molecule has 0 atom stereocenters. The van der Waals surface area contributed by atoms with Crippen LogP contribution in [0, 0.1) is 13.8 Å². The predicted molar refractivity (Wildman–Crippen MR) is 113 cm³/mol. The van der Waals surface area contributed by atoms with E-state index < -0.39 is 17.4 Å². The zero-order valence-electron chi connectivity index (χ0n) is 17.3. The van der Waals surface area contributed by atoms with Crippen LogP contribution in [0.25, 0.3) is 11.1 Å². The van der Waals surface area contributed by atoms with Gasteiger partial charge in [-0.1, -0.05) is 0 Å². The van der Waals surface area contributed by atoms with Crippen molar-refractivity contribution in [3.63, 3.8) is 0 Å². The van der Waals surface area contributed by atoms with Crippen LogP contribution in [0.5, 0.6) is 0 Å². The normalized spacial score (nSPS) is 16.9. The summed E-state index contributed by atoms with van der Waals surface area (Å²) in [6.07, 6.45) is 15.4. The summed E-state index contributed by atoms with van der Waals surface area (Å²) in [5.41, 5.74) is 9.06. The van der Waals surface area contributed by atoms with E-state index in [2.05, 4.69) is 68.5 Å². The third-order valence-corrected chi connectivity index (χ3v) is 12.1. The molecule has 0 heterocycles. The van der Waals surface area contributed by atoms with Crippen LogP contribution in [0.1, 0.15) is 65.0 Å². The van der Waals surface area contributed by atoms with Crippen LogP contribution in [0.15, 0.2) is 58.5 Å². The summed E-state index contributed by atoms with van der Waals surface area (Å²) < 4.78 is 4.44. The predicted octanol–water partition coefficient (Wildman–Crippen LogP) is 0.980. The minimum absolute atomic E-state index is 0. The van der Waals surface area contributed by atoms with E-state index in [-0.39, 0.29) is 24.8 Å². The van der Waals surface area contributed by atoms with Crippen molar-refractivity contribution in [3.05, 3.63) is 80.8 Å². The van der Waals surface area contributed by atoms with E-state index in [0.717, 1.165) is 0 Å². The molecule has 0 nitrogen and oxygen atoms in total. The Morgan fingerprint density at radius 1 is 0.793 bits per heavy atom. The van der Waals surface area contributed by atoms with E-state index in [1.807, 2.05) is 3.81 Å². The van der Waals surface area contributed by atoms with Gasteiger partial charge in [0.25, 0.3) is 0 Å². The molecular formula is C26H28Cl2Ti. The van der Waals surface area contributed by atoms with Crippen molar-refractivity contribution in [3.8, 4) is 11.1 Å². The number of halogens is 2. The summed E-state index contributed by atoms with van der Waals surface area (Å²) in [5, 5.41) is 0. The molecule has 5 rings (SSSR count). The van der Waals surface area contributed by atoms with Crippen LogP contribution in [-0.2, 0) is 17.4 Å². The molecule has 0 saturated heterocycles. The first-order chi connectivity index (χ1) is 13.2. The average molecular weight is 459 g/mol. The number of benzene rings is 2. The fourth-order valence-corrected chi connectivity index (χ4v) is 11.3. The molecule has 150 valence electrons. The zero-order valence-corrected chi connectivity index (χ0v) is 20.3. The standard InChI is InChI=1S/C15H13.C6H10.C5H5.2ClH.Ti/c1-10-3-5-12-9-13-6-4-11(2)8-15(13)14(12)7-10;1-2-4-6-5-3-1;1-2-4-5-3-1;;;/h3-9H,1-2H3;1-5H2;1-3H,4H2;2*1H;/q;;;;;+2/p-2. The van der Waals surface area contributed by atoms with Crippen molar-refractivity contribution in [2.24, 2.45) is 0 Å². The van der Waals surface area contributed by atoms with Crippen molar-refractivity contribution < 1.29 is 42.2 Å². The summed E-state index contributed by atoms with van der Waals surface area (Å²) in [4.78, 5) is 0. The van der Waals surface area contributed by atoms with Gasteiger partial charge in [0.2, 0.25) is 0 Å². The maximum atomic E-state index is 2.48. The van der Waals surface area contributed by atoms with Gasteiger partial charge in [-0.05, 0) is 0 Å². The maximum absolute atomic E-state index is 2.48. The Morgan fingerprint density at radius 3 is 1.90 bits per heavy atom. The SMILES string of the molecule is Cc1ccc2c(c1)-c1cc(C)ccc1[CH]2[Ti+2]([C]1=CC=CC1)=[C]1CCCCC1.[Cl-].[Cl-]. The van der Waals surface area contributed by atoms with Gasteiger partial charge in [-0.25, -0.2) is 0 Å². The summed E-state index contributed by atoms with van der Waals surface area (Å²) in [7, 11) is 0. The Morgan fingerprint density at radius 2 is 1.38 bits per heavy atom.